The molecule has 31 heavy (non-hydrogen) atoms. The van der Waals surface area contributed by atoms with Gasteiger partial charge in [-0.1, -0.05) is 32.1 Å². The van der Waals surface area contributed by atoms with Crippen LogP contribution in [-0.2, 0) is 19.0 Å². The van der Waals surface area contributed by atoms with Gasteiger partial charge < -0.3 is 23.7 Å². The van der Waals surface area contributed by atoms with Crippen LogP contribution in [0.2, 0.25) is 0 Å². The number of carbonyl (C=O) groups is 1. The zero-order valence-electron chi connectivity index (χ0n) is 18.3. The van der Waals surface area contributed by atoms with Gasteiger partial charge in [-0.25, -0.2) is 4.79 Å². The van der Waals surface area contributed by atoms with E-state index in [1.54, 1.807) is 6.26 Å². The summed E-state index contributed by atoms with van der Waals surface area (Å²) in [6, 6.07) is 3.76. The highest BCUT2D eigenvalue weighted by molar-refractivity contribution is 5.91. The number of allylic oxidation sites excluding steroid dienone is 2. The van der Waals surface area contributed by atoms with E-state index >= 15 is 0 Å². The number of rotatable bonds is 3. The Morgan fingerprint density at radius 3 is 2.84 bits per heavy atom. The van der Waals surface area contributed by atoms with Crippen molar-refractivity contribution in [1.29, 1.82) is 0 Å². The summed E-state index contributed by atoms with van der Waals surface area (Å²) in [7, 11) is 0. The second-order valence-corrected chi connectivity index (χ2v) is 10.1. The van der Waals surface area contributed by atoms with E-state index in [-0.39, 0.29) is 29.5 Å². The first kappa shape index (κ1) is 21.0. The van der Waals surface area contributed by atoms with E-state index in [4.69, 9.17) is 18.6 Å². The Morgan fingerprint density at radius 2 is 2.13 bits per heavy atom. The summed E-state index contributed by atoms with van der Waals surface area (Å²) in [6.45, 7) is 9.77. The van der Waals surface area contributed by atoms with Crippen LogP contribution in [-0.4, -0.2) is 36.5 Å². The maximum atomic E-state index is 12.0. The summed E-state index contributed by atoms with van der Waals surface area (Å²) in [5.74, 6) is 0.994. The molecule has 0 spiro atoms. The number of furan rings is 1. The first-order valence-electron chi connectivity index (χ1n) is 11.4. The van der Waals surface area contributed by atoms with Gasteiger partial charge in [-0.05, 0) is 61.5 Å². The predicted molar refractivity (Wildman–Crippen MR) is 113 cm³/mol. The number of aliphatic hydroxyl groups excluding tert-OH is 1. The lowest BCUT2D eigenvalue weighted by Crippen LogP contribution is -2.60. The van der Waals surface area contributed by atoms with Crippen LogP contribution >= 0.6 is 0 Å². The summed E-state index contributed by atoms with van der Waals surface area (Å²) in [5, 5.41) is 10.1. The molecule has 1 aromatic rings. The van der Waals surface area contributed by atoms with E-state index in [0.717, 1.165) is 31.4 Å². The molecule has 6 nitrogen and oxygen atoms in total. The molecule has 0 aromatic carbocycles. The zero-order chi connectivity index (χ0) is 21.8. The van der Waals surface area contributed by atoms with Crippen molar-refractivity contribution in [2.24, 2.45) is 22.7 Å². The number of ether oxygens (including phenoxy) is 3. The number of esters is 1. The van der Waals surface area contributed by atoms with Crippen LogP contribution in [0.5, 0.6) is 0 Å². The summed E-state index contributed by atoms with van der Waals surface area (Å²) >= 11 is 0. The van der Waals surface area contributed by atoms with Crippen molar-refractivity contribution in [3.63, 3.8) is 0 Å². The molecule has 2 aliphatic heterocycles. The van der Waals surface area contributed by atoms with E-state index in [1.807, 2.05) is 18.2 Å². The molecule has 7 atom stereocenters. The van der Waals surface area contributed by atoms with Crippen LogP contribution in [0, 0.1) is 22.7 Å². The molecule has 0 radical (unpaired) electrons. The lowest BCUT2D eigenvalue weighted by molar-refractivity contribution is -0.311. The minimum atomic E-state index is -0.820. The van der Waals surface area contributed by atoms with E-state index in [9.17, 15) is 9.90 Å². The number of hydrogen-bond donors (Lipinski definition) is 1. The first-order valence-corrected chi connectivity index (χ1v) is 11.4. The Morgan fingerprint density at radius 1 is 1.29 bits per heavy atom. The van der Waals surface area contributed by atoms with Gasteiger partial charge in [0, 0.05) is 5.41 Å². The van der Waals surface area contributed by atoms with Crippen LogP contribution in [0.25, 0.3) is 0 Å². The number of fused-ring (bicyclic) bond motifs is 3. The fourth-order valence-electron chi connectivity index (χ4n) is 6.77. The maximum absolute atomic E-state index is 12.0. The largest absolute Gasteiger partial charge is 0.464 e. The predicted octanol–water partition coefficient (Wildman–Crippen LogP) is 4.32. The summed E-state index contributed by atoms with van der Waals surface area (Å²) in [6.07, 6.45) is 7.11. The SMILES string of the molecule is C=C1CCC2C3(C)COC(c4ccco4)OC3CCC2(C)C1C/C=C1/C(=O)OCC1O. The third kappa shape index (κ3) is 3.31. The third-order valence-corrected chi connectivity index (χ3v) is 8.47. The van der Waals surface area contributed by atoms with Crippen molar-refractivity contribution in [2.45, 2.75) is 64.4 Å². The fraction of sp³-hybridized carbons (Fsp3) is 0.640. The number of aliphatic hydroxyl groups is 1. The summed E-state index contributed by atoms with van der Waals surface area (Å²) < 4.78 is 23.1. The molecule has 7 unspecified atom stereocenters. The Hall–Kier alpha value is -1.89. The Bertz CT molecular complexity index is 888. The molecule has 4 aliphatic rings. The van der Waals surface area contributed by atoms with Crippen molar-refractivity contribution in [3.05, 3.63) is 48.0 Å². The molecule has 4 fully saturated rings. The average Bonchev–Trinajstić information content (AvgIpc) is 3.38. The highest BCUT2D eigenvalue weighted by Crippen LogP contribution is 2.63. The Labute approximate surface area is 183 Å². The number of carbonyl (C=O) groups excluding carboxylic acids is 1. The monoisotopic (exact) mass is 428 g/mol. The van der Waals surface area contributed by atoms with Crippen LogP contribution in [0.3, 0.4) is 0 Å². The fourth-order valence-corrected chi connectivity index (χ4v) is 6.77. The van der Waals surface area contributed by atoms with Gasteiger partial charge in [0.1, 0.15) is 12.7 Å². The van der Waals surface area contributed by atoms with E-state index < -0.39 is 18.4 Å². The van der Waals surface area contributed by atoms with Crippen molar-refractivity contribution >= 4 is 5.97 Å². The van der Waals surface area contributed by atoms with Crippen LogP contribution in [0.15, 0.2) is 46.6 Å². The second kappa shape index (κ2) is 7.61. The molecule has 0 bridgehead atoms. The molecule has 1 N–H and O–H groups in total. The Kier molecular flexibility index (Phi) is 5.15. The number of hydrogen-bond acceptors (Lipinski definition) is 6. The van der Waals surface area contributed by atoms with Crippen LogP contribution < -0.4 is 0 Å². The van der Waals surface area contributed by atoms with Crippen molar-refractivity contribution in [2.75, 3.05) is 13.2 Å². The van der Waals surface area contributed by atoms with Gasteiger partial charge in [0.15, 0.2) is 5.76 Å². The first-order chi connectivity index (χ1) is 14.8. The highest BCUT2D eigenvalue weighted by atomic mass is 16.7. The molecule has 2 saturated carbocycles. The average molecular weight is 429 g/mol. The van der Waals surface area contributed by atoms with Crippen LogP contribution in [0.1, 0.15) is 58.0 Å². The third-order valence-electron chi connectivity index (χ3n) is 8.47. The van der Waals surface area contributed by atoms with Gasteiger partial charge in [0.2, 0.25) is 6.29 Å². The minimum Gasteiger partial charge on any atom is -0.464 e. The highest BCUT2D eigenvalue weighted by Gasteiger charge is 2.60. The van der Waals surface area contributed by atoms with E-state index in [1.165, 1.54) is 5.57 Å². The standard InChI is InChI=1S/C25H32O6/c1-15-6-9-20-24(2,17(15)8-7-16-18(26)13-29-22(16)27)11-10-21-25(20,3)14-30-23(31-21)19-5-4-12-28-19/h4-5,7,12,17-18,20-21,23,26H,1,6,8-11,13-14H2,2-3H3/b16-7+. The molecule has 3 heterocycles. The second-order valence-electron chi connectivity index (χ2n) is 10.1. The molecule has 6 heteroatoms. The summed E-state index contributed by atoms with van der Waals surface area (Å²) in [5.41, 5.74) is 1.58. The van der Waals surface area contributed by atoms with Crippen LogP contribution in [0.4, 0.5) is 0 Å². The molecular formula is C25H32O6. The number of cyclic esters (lactones) is 1. The molecule has 2 aliphatic carbocycles. The summed E-state index contributed by atoms with van der Waals surface area (Å²) in [4.78, 5) is 12.0. The molecule has 168 valence electrons. The van der Waals surface area contributed by atoms with E-state index in [0.29, 0.717) is 24.5 Å². The molecule has 0 amide bonds. The van der Waals surface area contributed by atoms with Crippen molar-refractivity contribution in [1.82, 2.24) is 0 Å². The van der Waals surface area contributed by atoms with Gasteiger partial charge in [-0.3, -0.25) is 0 Å². The maximum Gasteiger partial charge on any atom is 0.336 e. The zero-order valence-corrected chi connectivity index (χ0v) is 18.3. The van der Waals surface area contributed by atoms with Gasteiger partial charge in [0.25, 0.3) is 0 Å². The van der Waals surface area contributed by atoms with Crippen molar-refractivity contribution in [3.8, 4) is 0 Å². The smallest absolute Gasteiger partial charge is 0.336 e. The van der Waals surface area contributed by atoms with Gasteiger partial charge in [0.05, 0.1) is 24.5 Å². The van der Waals surface area contributed by atoms with Gasteiger partial charge >= 0.3 is 5.97 Å². The lowest BCUT2D eigenvalue weighted by atomic mass is 9.46. The van der Waals surface area contributed by atoms with Crippen molar-refractivity contribution < 1.29 is 28.5 Å². The molecular weight excluding hydrogens is 396 g/mol. The molecule has 1 aromatic heterocycles. The topological polar surface area (TPSA) is 78.1 Å². The Balaban J connectivity index is 1.38. The lowest BCUT2D eigenvalue weighted by Gasteiger charge is -2.62. The van der Waals surface area contributed by atoms with Gasteiger partial charge in [-0.2, -0.15) is 0 Å². The molecule has 2 saturated heterocycles. The quantitative estimate of drug-likeness (QED) is 0.439. The van der Waals surface area contributed by atoms with Gasteiger partial charge in [-0.15, -0.1) is 0 Å². The minimum absolute atomic E-state index is 0.0370. The van der Waals surface area contributed by atoms with E-state index in [2.05, 4.69) is 20.4 Å². The molecule has 5 rings (SSSR count). The normalized spacial score (nSPS) is 44.1.